The molecule has 0 aromatic carbocycles. The quantitative estimate of drug-likeness (QED) is 0.906. The summed E-state index contributed by atoms with van der Waals surface area (Å²) in [6.07, 6.45) is 9.65. The van der Waals surface area contributed by atoms with Crippen LogP contribution in [0, 0.1) is 0 Å². The number of hydrogen-bond acceptors (Lipinski definition) is 3. The van der Waals surface area contributed by atoms with Crippen molar-refractivity contribution < 1.29 is 4.42 Å². The van der Waals surface area contributed by atoms with Crippen LogP contribution >= 0.6 is 0 Å². The summed E-state index contributed by atoms with van der Waals surface area (Å²) in [5.41, 5.74) is 1.42. The van der Waals surface area contributed by atoms with Gasteiger partial charge in [-0.2, -0.15) is 0 Å². The smallest absolute Gasteiger partial charge is 0.108 e. The van der Waals surface area contributed by atoms with Crippen LogP contribution < -0.4 is 5.32 Å². The summed E-state index contributed by atoms with van der Waals surface area (Å²) in [4.78, 5) is 2.72. The van der Waals surface area contributed by atoms with Crippen molar-refractivity contribution >= 4 is 0 Å². The molecule has 19 heavy (non-hydrogen) atoms. The molecule has 1 N–H and O–H groups in total. The van der Waals surface area contributed by atoms with Crippen LogP contribution in [0.25, 0.3) is 0 Å². The van der Waals surface area contributed by atoms with Crippen LogP contribution in [0.1, 0.15) is 56.4 Å². The Morgan fingerprint density at radius 2 is 2.21 bits per heavy atom. The van der Waals surface area contributed by atoms with Gasteiger partial charge in [0, 0.05) is 42.7 Å². The summed E-state index contributed by atoms with van der Waals surface area (Å²) < 4.78 is 5.59. The van der Waals surface area contributed by atoms with E-state index in [0.717, 1.165) is 18.5 Å². The van der Waals surface area contributed by atoms with E-state index in [1.807, 2.05) is 6.26 Å². The van der Waals surface area contributed by atoms with Crippen LogP contribution in [-0.4, -0.2) is 29.6 Å². The molecule has 3 unspecified atom stereocenters. The highest BCUT2D eigenvalue weighted by molar-refractivity contribution is 5.24. The molecule has 0 bridgehead atoms. The lowest BCUT2D eigenvalue weighted by Crippen LogP contribution is -2.37. The van der Waals surface area contributed by atoms with Gasteiger partial charge in [-0.25, -0.2) is 0 Å². The van der Waals surface area contributed by atoms with E-state index in [0.29, 0.717) is 12.1 Å². The highest BCUT2D eigenvalue weighted by atomic mass is 16.3. The highest BCUT2D eigenvalue weighted by Crippen LogP contribution is 2.35. The maximum atomic E-state index is 5.59. The molecule has 4 rings (SSSR count). The second-order valence-electron chi connectivity index (χ2n) is 6.62. The first-order chi connectivity index (χ1) is 9.31. The molecule has 3 atom stereocenters. The van der Waals surface area contributed by atoms with Crippen molar-refractivity contribution in [2.45, 2.75) is 69.6 Å². The molecule has 2 aliphatic carbocycles. The molecule has 3 aliphatic rings. The Kier molecular flexibility index (Phi) is 2.92. The van der Waals surface area contributed by atoms with Crippen LogP contribution in [0.3, 0.4) is 0 Å². The van der Waals surface area contributed by atoms with Crippen molar-refractivity contribution in [3.05, 3.63) is 23.7 Å². The Bertz CT molecular complexity index is 451. The largest absolute Gasteiger partial charge is 0.469 e. The standard InChI is InChI=1S/C16H24N2O/c1-11-9-12(10-18(11)13-5-6-13)17-15-3-2-4-16-14(15)7-8-19-16/h7-8,11-13,15,17H,2-6,9-10H2,1H3. The molecule has 3 heteroatoms. The molecular formula is C16H24N2O. The van der Waals surface area contributed by atoms with Gasteiger partial charge in [0.05, 0.1) is 6.26 Å². The average molecular weight is 260 g/mol. The van der Waals surface area contributed by atoms with Gasteiger partial charge in [-0.05, 0) is 45.1 Å². The number of nitrogens with one attached hydrogen (secondary N) is 1. The van der Waals surface area contributed by atoms with Crippen LogP contribution in [0.4, 0.5) is 0 Å². The van der Waals surface area contributed by atoms with Gasteiger partial charge in [0.1, 0.15) is 5.76 Å². The van der Waals surface area contributed by atoms with Gasteiger partial charge in [0.25, 0.3) is 0 Å². The average Bonchev–Trinajstić information content (AvgIpc) is 3.00. The Hall–Kier alpha value is -0.800. The molecule has 104 valence electrons. The minimum Gasteiger partial charge on any atom is -0.469 e. The van der Waals surface area contributed by atoms with E-state index in [-0.39, 0.29) is 0 Å². The lowest BCUT2D eigenvalue weighted by molar-refractivity contribution is 0.253. The molecule has 3 nitrogen and oxygen atoms in total. The molecule has 1 saturated heterocycles. The number of likely N-dealkylation sites (tertiary alicyclic amines) is 1. The van der Waals surface area contributed by atoms with Crippen molar-refractivity contribution in [1.82, 2.24) is 10.2 Å². The minimum absolute atomic E-state index is 0.527. The maximum Gasteiger partial charge on any atom is 0.108 e. The molecule has 0 amide bonds. The van der Waals surface area contributed by atoms with Crippen LogP contribution in [0.5, 0.6) is 0 Å². The third kappa shape index (κ3) is 2.23. The lowest BCUT2D eigenvalue weighted by atomic mass is 9.92. The number of nitrogens with zero attached hydrogens (tertiary/aromatic N) is 1. The summed E-state index contributed by atoms with van der Waals surface area (Å²) in [5, 5.41) is 3.90. The Morgan fingerprint density at radius 1 is 1.32 bits per heavy atom. The normalized spacial score (nSPS) is 35.5. The Morgan fingerprint density at radius 3 is 3.05 bits per heavy atom. The van der Waals surface area contributed by atoms with Gasteiger partial charge in [-0.3, -0.25) is 4.90 Å². The number of fused-ring (bicyclic) bond motifs is 1. The number of hydrogen-bond donors (Lipinski definition) is 1. The highest BCUT2D eigenvalue weighted by Gasteiger charge is 2.39. The van der Waals surface area contributed by atoms with Gasteiger partial charge >= 0.3 is 0 Å². The van der Waals surface area contributed by atoms with Crippen molar-refractivity contribution in [3.63, 3.8) is 0 Å². The van der Waals surface area contributed by atoms with Crippen molar-refractivity contribution in [2.24, 2.45) is 0 Å². The van der Waals surface area contributed by atoms with E-state index < -0.39 is 0 Å². The zero-order chi connectivity index (χ0) is 12.8. The Balaban J connectivity index is 1.43. The summed E-state index contributed by atoms with van der Waals surface area (Å²) in [6.45, 7) is 3.64. The minimum atomic E-state index is 0.527. The number of aryl methyl sites for hydroxylation is 1. The van der Waals surface area contributed by atoms with E-state index in [9.17, 15) is 0 Å². The van der Waals surface area contributed by atoms with Gasteiger partial charge in [-0.15, -0.1) is 0 Å². The van der Waals surface area contributed by atoms with E-state index in [1.54, 1.807) is 0 Å². The lowest BCUT2D eigenvalue weighted by Gasteiger charge is -2.26. The molecule has 2 fully saturated rings. The van der Waals surface area contributed by atoms with Crippen molar-refractivity contribution in [3.8, 4) is 0 Å². The monoisotopic (exact) mass is 260 g/mol. The first-order valence-corrected chi connectivity index (χ1v) is 7.89. The van der Waals surface area contributed by atoms with E-state index >= 15 is 0 Å². The maximum absolute atomic E-state index is 5.59. The van der Waals surface area contributed by atoms with E-state index in [4.69, 9.17) is 4.42 Å². The Labute approximate surface area is 115 Å². The van der Waals surface area contributed by atoms with Crippen LogP contribution in [0.15, 0.2) is 16.7 Å². The van der Waals surface area contributed by atoms with E-state index in [2.05, 4.69) is 23.2 Å². The van der Waals surface area contributed by atoms with E-state index in [1.165, 1.54) is 50.0 Å². The number of furan rings is 1. The first-order valence-electron chi connectivity index (χ1n) is 7.89. The molecule has 1 aromatic rings. The van der Waals surface area contributed by atoms with Crippen LogP contribution in [0.2, 0.25) is 0 Å². The molecular weight excluding hydrogens is 236 g/mol. The molecule has 2 heterocycles. The SMILES string of the molecule is CC1CC(NC2CCCc3occc32)CN1C1CC1. The summed E-state index contributed by atoms with van der Waals surface area (Å²) in [6, 6.07) is 5.03. The third-order valence-electron chi connectivity index (χ3n) is 5.13. The second kappa shape index (κ2) is 4.64. The topological polar surface area (TPSA) is 28.4 Å². The number of rotatable bonds is 3. The van der Waals surface area contributed by atoms with Gasteiger partial charge < -0.3 is 9.73 Å². The molecule has 1 aromatic heterocycles. The summed E-state index contributed by atoms with van der Waals surface area (Å²) >= 11 is 0. The summed E-state index contributed by atoms with van der Waals surface area (Å²) in [5.74, 6) is 1.22. The summed E-state index contributed by atoms with van der Waals surface area (Å²) in [7, 11) is 0. The van der Waals surface area contributed by atoms with Gasteiger partial charge in [0.2, 0.25) is 0 Å². The van der Waals surface area contributed by atoms with Crippen molar-refractivity contribution in [1.29, 1.82) is 0 Å². The molecule has 0 radical (unpaired) electrons. The molecule has 1 aliphatic heterocycles. The fraction of sp³-hybridized carbons (Fsp3) is 0.750. The van der Waals surface area contributed by atoms with Gasteiger partial charge in [-0.1, -0.05) is 0 Å². The van der Waals surface area contributed by atoms with Crippen molar-refractivity contribution in [2.75, 3.05) is 6.54 Å². The fourth-order valence-electron chi connectivity index (χ4n) is 4.04. The van der Waals surface area contributed by atoms with Gasteiger partial charge in [0.15, 0.2) is 0 Å². The second-order valence-corrected chi connectivity index (χ2v) is 6.62. The zero-order valence-electron chi connectivity index (χ0n) is 11.8. The molecule has 0 spiro atoms. The van der Waals surface area contributed by atoms with Crippen LogP contribution in [-0.2, 0) is 6.42 Å². The third-order valence-corrected chi connectivity index (χ3v) is 5.13. The first kappa shape index (κ1) is 12.0. The predicted octanol–water partition coefficient (Wildman–Crippen LogP) is 2.87. The fourth-order valence-corrected chi connectivity index (χ4v) is 4.04. The zero-order valence-corrected chi connectivity index (χ0v) is 11.8. The predicted molar refractivity (Wildman–Crippen MR) is 75.1 cm³/mol. The molecule has 1 saturated carbocycles.